The maximum atomic E-state index is 4.46. The molecule has 3 rings (SSSR count). The van der Waals surface area contributed by atoms with E-state index in [9.17, 15) is 0 Å². The largest absolute Gasteiger partial charge is 0.351 e. The van der Waals surface area contributed by atoms with E-state index in [1.807, 2.05) is 24.4 Å². The van der Waals surface area contributed by atoms with Gasteiger partial charge >= 0.3 is 0 Å². The summed E-state index contributed by atoms with van der Waals surface area (Å²) in [6, 6.07) is 5.89. The highest BCUT2D eigenvalue weighted by atomic mass is 15.3. The Hall–Kier alpha value is -1.62. The predicted octanol–water partition coefficient (Wildman–Crippen LogP) is 1.63. The van der Waals surface area contributed by atoms with E-state index in [1.54, 1.807) is 4.52 Å². The summed E-state index contributed by atoms with van der Waals surface area (Å²) in [6.07, 6.45) is 5.73. The summed E-state index contributed by atoms with van der Waals surface area (Å²) in [5.41, 5.74) is 1.17. The first kappa shape index (κ1) is 11.5. The lowest BCUT2D eigenvalue weighted by Crippen LogP contribution is -2.54. The summed E-state index contributed by atoms with van der Waals surface area (Å²) >= 11 is 0. The number of aromatic nitrogens is 3. The molecule has 0 bridgehead atoms. The van der Waals surface area contributed by atoms with Crippen molar-refractivity contribution in [1.29, 1.82) is 0 Å². The van der Waals surface area contributed by atoms with Crippen LogP contribution in [0.15, 0.2) is 24.4 Å². The molecule has 2 aromatic heterocycles. The van der Waals surface area contributed by atoms with Crippen LogP contribution < -0.4 is 5.32 Å². The average Bonchev–Trinajstić information content (AvgIpc) is 2.69. The van der Waals surface area contributed by atoms with Gasteiger partial charge in [0.05, 0.1) is 0 Å². The molecule has 1 aliphatic rings. The molecule has 0 saturated heterocycles. The highest BCUT2D eigenvalue weighted by Crippen LogP contribution is 2.35. The Morgan fingerprint density at radius 3 is 2.83 bits per heavy atom. The molecule has 0 aromatic carbocycles. The van der Waals surface area contributed by atoms with Gasteiger partial charge in [-0.15, -0.1) is 5.10 Å². The first-order chi connectivity index (χ1) is 8.70. The molecule has 1 N–H and O–H groups in total. The Morgan fingerprint density at radius 1 is 1.39 bits per heavy atom. The van der Waals surface area contributed by atoms with Gasteiger partial charge in [0.15, 0.2) is 5.65 Å². The van der Waals surface area contributed by atoms with E-state index < -0.39 is 0 Å². The van der Waals surface area contributed by atoms with E-state index in [1.165, 1.54) is 19.3 Å². The molecule has 18 heavy (non-hydrogen) atoms. The Balaban J connectivity index is 1.73. The van der Waals surface area contributed by atoms with Crippen molar-refractivity contribution in [2.75, 3.05) is 26.0 Å². The summed E-state index contributed by atoms with van der Waals surface area (Å²) < 4.78 is 1.80. The van der Waals surface area contributed by atoms with Gasteiger partial charge in [-0.2, -0.15) is 4.98 Å². The minimum Gasteiger partial charge on any atom is -0.351 e. The van der Waals surface area contributed by atoms with Crippen molar-refractivity contribution < 1.29 is 0 Å². The highest BCUT2D eigenvalue weighted by molar-refractivity contribution is 5.43. The van der Waals surface area contributed by atoms with Gasteiger partial charge in [-0.05, 0) is 45.5 Å². The van der Waals surface area contributed by atoms with Gasteiger partial charge in [0.1, 0.15) is 0 Å². The third-order valence-corrected chi connectivity index (χ3v) is 4.05. The van der Waals surface area contributed by atoms with Crippen molar-refractivity contribution in [2.24, 2.45) is 0 Å². The second-order valence-corrected chi connectivity index (χ2v) is 5.26. The van der Waals surface area contributed by atoms with Crippen LogP contribution in [0.4, 0.5) is 5.95 Å². The molecule has 0 unspecified atom stereocenters. The Bertz CT molecular complexity index is 508. The van der Waals surface area contributed by atoms with E-state index in [-0.39, 0.29) is 5.54 Å². The summed E-state index contributed by atoms with van der Waals surface area (Å²) in [5, 5.41) is 7.78. The van der Waals surface area contributed by atoms with Gasteiger partial charge in [-0.3, -0.25) is 0 Å². The van der Waals surface area contributed by atoms with Crippen molar-refractivity contribution >= 4 is 11.6 Å². The minimum atomic E-state index is 0.289. The van der Waals surface area contributed by atoms with Crippen molar-refractivity contribution in [3.05, 3.63) is 24.4 Å². The van der Waals surface area contributed by atoms with Gasteiger partial charge in [-0.1, -0.05) is 6.07 Å². The summed E-state index contributed by atoms with van der Waals surface area (Å²) in [5.74, 6) is 0.717. The van der Waals surface area contributed by atoms with Crippen LogP contribution in [0.5, 0.6) is 0 Å². The quantitative estimate of drug-likeness (QED) is 0.889. The number of likely N-dealkylation sites (N-methyl/N-ethyl adjacent to an activating group) is 1. The van der Waals surface area contributed by atoms with Gasteiger partial charge in [0.25, 0.3) is 0 Å². The minimum absolute atomic E-state index is 0.289. The Labute approximate surface area is 107 Å². The van der Waals surface area contributed by atoms with E-state index in [2.05, 4.69) is 34.4 Å². The van der Waals surface area contributed by atoms with Crippen LogP contribution in [-0.4, -0.2) is 45.7 Å². The van der Waals surface area contributed by atoms with E-state index in [4.69, 9.17) is 0 Å². The first-order valence-electron chi connectivity index (χ1n) is 6.42. The Morgan fingerprint density at radius 2 is 2.22 bits per heavy atom. The predicted molar refractivity (Wildman–Crippen MR) is 71.7 cm³/mol. The maximum absolute atomic E-state index is 4.46. The number of hydrogen-bond donors (Lipinski definition) is 1. The van der Waals surface area contributed by atoms with Crippen LogP contribution in [0.1, 0.15) is 19.3 Å². The van der Waals surface area contributed by atoms with Crippen molar-refractivity contribution in [3.63, 3.8) is 0 Å². The summed E-state index contributed by atoms with van der Waals surface area (Å²) in [6.45, 7) is 0.914. The standard InChI is InChI=1S/C13H19N5/c1-17(2)13(7-5-8-13)10-14-12-15-11-6-3-4-9-18(11)16-12/h3-4,6,9H,5,7-8,10H2,1-2H3,(H,14,16). The van der Waals surface area contributed by atoms with Crippen molar-refractivity contribution in [2.45, 2.75) is 24.8 Å². The third kappa shape index (κ3) is 1.84. The SMILES string of the molecule is CN(C)C1(CNc2nc3ccccn3n2)CCC1. The zero-order valence-electron chi connectivity index (χ0n) is 10.9. The van der Waals surface area contributed by atoms with E-state index >= 15 is 0 Å². The van der Waals surface area contributed by atoms with Crippen LogP contribution >= 0.6 is 0 Å². The van der Waals surface area contributed by atoms with E-state index in [0.717, 1.165) is 12.2 Å². The molecule has 1 saturated carbocycles. The zero-order chi connectivity index (χ0) is 12.6. The topological polar surface area (TPSA) is 45.5 Å². The zero-order valence-corrected chi connectivity index (χ0v) is 10.9. The van der Waals surface area contributed by atoms with Crippen LogP contribution in [0, 0.1) is 0 Å². The lowest BCUT2D eigenvalue weighted by Gasteiger charge is -2.47. The van der Waals surface area contributed by atoms with Crippen molar-refractivity contribution in [1.82, 2.24) is 19.5 Å². The van der Waals surface area contributed by atoms with Crippen LogP contribution in [-0.2, 0) is 0 Å². The normalized spacial score (nSPS) is 17.9. The second-order valence-electron chi connectivity index (χ2n) is 5.26. The molecular formula is C13H19N5. The number of nitrogens with one attached hydrogen (secondary N) is 1. The van der Waals surface area contributed by atoms with Gasteiger partial charge < -0.3 is 10.2 Å². The smallest absolute Gasteiger partial charge is 0.243 e. The number of pyridine rings is 1. The number of anilines is 1. The average molecular weight is 245 g/mol. The molecule has 0 radical (unpaired) electrons. The molecule has 5 nitrogen and oxygen atoms in total. The molecule has 1 fully saturated rings. The molecule has 0 spiro atoms. The lowest BCUT2D eigenvalue weighted by atomic mass is 9.75. The van der Waals surface area contributed by atoms with Crippen molar-refractivity contribution in [3.8, 4) is 0 Å². The van der Waals surface area contributed by atoms with Gasteiger partial charge in [-0.25, -0.2) is 4.52 Å². The number of nitrogens with zero attached hydrogens (tertiary/aromatic N) is 4. The number of rotatable bonds is 4. The highest BCUT2D eigenvalue weighted by Gasteiger charge is 2.38. The molecule has 96 valence electrons. The third-order valence-electron chi connectivity index (χ3n) is 4.05. The van der Waals surface area contributed by atoms with Crippen LogP contribution in [0.2, 0.25) is 0 Å². The molecule has 0 aliphatic heterocycles. The summed E-state index contributed by atoms with van der Waals surface area (Å²) in [4.78, 5) is 6.77. The fourth-order valence-electron chi connectivity index (χ4n) is 2.52. The van der Waals surface area contributed by atoms with Gasteiger partial charge in [0, 0.05) is 18.3 Å². The first-order valence-corrected chi connectivity index (χ1v) is 6.42. The lowest BCUT2D eigenvalue weighted by molar-refractivity contribution is 0.0737. The number of hydrogen-bond acceptors (Lipinski definition) is 4. The molecule has 2 aromatic rings. The maximum Gasteiger partial charge on any atom is 0.243 e. The summed E-state index contributed by atoms with van der Waals surface area (Å²) in [7, 11) is 4.30. The second kappa shape index (κ2) is 4.24. The van der Waals surface area contributed by atoms with Crippen LogP contribution in [0.3, 0.4) is 0 Å². The Kier molecular flexibility index (Phi) is 2.70. The fourth-order valence-corrected chi connectivity index (χ4v) is 2.52. The monoisotopic (exact) mass is 245 g/mol. The number of fused-ring (bicyclic) bond motifs is 1. The van der Waals surface area contributed by atoms with E-state index in [0.29, 0.717) is 5.95 Å². The van der Waals surface area contributed by atoms with Gasteiger partial charge in [0.2, 0.25) is 5.95 Å². The molecule has 0 amide bonds. The molecule has 1 aliphatic carbocycles. The van der Waals surface area contributed by atoms with Crippen LogP contribution in [0.25, 0.3) is 5.65 Å². The molecule has 5 heteroatoms. The molecule has 2 heterocycles. The molecule has 0 atom stereocenters. The fraction of sp³-hybridized carbons (Fsp3) is 0.538. The molecular weight excluding hydrogens is 226 g/mol.